The van der Waals surface area contributed by atoms with E-state index in [1.54, 1.807) is 12.1 Å². The Morgan fingerprint density at radius 2 is 1.62 bits per heavy atom. The molecule has 2 heterocycles. The highest BCUT2D eigenvalue weighted by atomic mass is 19.4. The van der Waals surface area contributed by atoms with Crippen molar-refractivity contribution in [3.63, 3.8) is 0 Å². The molecule has 2 amide bonds. The Balaban J connectivity index is 1.44. The van der Waals surface area contributed by atoms with Gasteiger partial charge in [0.1, 0.15) is 0 Å². The van der Waals surface area contributed by atoms with Crippen LogP contribution in [0.4, 0.5) is 24.5 Å². The Hall–Kier alpha value is -3.55. The van der Waals surface area contributed by atoms with E-state index in [0.29, 0.717) is 5.69 Å². The summed E-state index contributed by atoms with van der Waals surface area (Å²) in [6.45, 7) is 4.05. The number of hydrogen-bond donors (Lipinski definition) is 1. The SMILES string of the molecule is Cc1ccc(C)n1-c1ccc(NC(=O)[C@@H]2CC(=O)N(c3cccc(C(F)(F)F)c3)C2)cc1. The van der Waals surface area contributed by atoms with E-state index in [4.69, 9.17) is 0 Å². The fraction of sp³-hybridized carbons (Fsp3) is 0.250. The number of aryl methyl sites for hydroxylation is 2. The highest BCUT2D eigenvalue weighted by molar-refractivity contribution is 6.03. The smallest absolute Gasteiger partial charge is 0.326 e. The van der Waals surface area contributed by atoms with Crippen molar-refractivity contribution in [1.82, 2.24) is 4.57 Å². The summed E-state index contributed by atoms with van der Waals surface area (Å²) in [6.07, 6.45) is -4.55. The van der Waals surface area contributed by atoms with Gasteiger partial charge in [0.25, 0.3) is 0 Å². The fourth-order valence-corrected chi connectivity index (χ4v) is 4.00. The molecule has 0 aliphatic carbocycles. The van der Waals surface area contributed by atoms with Gasteiger partial charge in [-0.1, -0.05) is 6.07 Å². The lowest BCUT2D eigenvalue weighted by atomic mass is 10.1. The molecule has 32 heavy (non-hydrogen) atoms. The van der Waals surface area contributed by atoms with E-state index in [-0.39, 0.29) is 30.5 Å². The van der Waals surface area contributed by atoms with Crippen LogP contribution in [-0.2, 0) is 15.8 Å². The van der Waals surface area contributed by atoms with Crippen LogP contribution in [0.2, 0.25) is 0 Å². The van der Waals surface area contributed by atoms with Gasteiger partial charge < -0.3 is 14.8 Å². The molecule has 0 bridgehead atoms. The molecule has 8 heteroatoms. The molecule has 3 aromatic rings. The van der Waals surface area contributed by atoms with Crippen LogP contribution in [0.5, 0.6) is 0 Å². The number of hydrogen-bond acceptors (Lipinski definition) is 2. The van der Waals surface area contributed by atoms with Gasteiger partial charge in [0.2, 0.25) is 11.8 Å². The number of nitrogens with one attached hydrogen (secondary N) is 1. The summed E-state index contributed by atoms with van der Waals surface area (Å²) in [7, 11) is 0. The van der Waals surface area contributed by atoms with Gasteiger partial charge in [0.05, 0.1) is 11.5 Å². The lowest BCUT2D eigenvalue weighted by Crippen LogP contribution is -2.28. The van der Waals surface area contributed by atoms with Gasteiger partial charge in [-0.25, -0.2) is 0 Å². The topological polar surface area (TPSA) is 54.3 Å². The van der Waals surface area contributed by atoms with Crippen LogP contribution >= 0.6 is 0 Å². The molecule has 1 aliphatic rings. The largest absolute Gasteiger partial charge is 0.416 e. The van der Waals surface area contributed by atoms with Gasteiger partial charge >= 0.3 is 6.18 Å². The Morgan fingerprint density at radius 1 is 0.969 bits per heavy atom. The van der Waals surface area contributed by atoms with Crippen LogP contribution in [0.15, 0.2) is 60.7 Å². The summed E-state index contributed by atoms with van der Waals surface area (Å²) in [5, 5.41) is 2.81. The molecule has 5 nitrogen and oxygen atoms in total. The van der Waals surface area contributed by atoms with E-state index in [1.165, 1.54) is 17.0 Å². The van der Waals surface area contributed by atoms with Crippen molar-refractivity contribution in [2.75, 3.05) is 16.8 Å². The average Bonchev–Trinajstić information content (AvgIpc) is 3.30. The molecule has 0 unspecified atom stereocenters. The van der Waals surface area contributed by atoms with Crippen molar-refractivity contribution < 1.29 is 22.8 Å². The van der Waals surface area contributed by atoms with Gasteiger partial charge in [0, 0.05) is 41.4 Å². The highest BCUT2D eigenvalue weighted by Crippen LogP contribution is 2.33. The summed E-state index contributed by atoms with van der Waals surface area (Å²) in [4.78, 5) is 26.4. The zero-order chi connectivity index (χ0) is 23.0. The number of halogens is 3. The molecule has 0 spiro atoms. The average molecular weight is 441 g/mol. The van der Waals surface area contributed by atoms with E-state index in [9.17, 15) is 22.8 Å². The minimum atomic E-state index is -4.50. The predicted octanol–water partition coefficient (Wildman–Crippen LogP) is 5.10. The summed E-state index contributed by atoms with van der Waals surface area (Å²) in [5.74, 6) is -1.36. The summed E-state index contributed by atoms with van der Waals surface area (Å²) >= 11 is 0. The second-order valence-electron chi connectivity index (χ2n) is 7.94. The number of alkyl halides is 3. The maximum atomic E-state index is 13.0. The van der Waals surface area contributed by atoms with Crippen molar-refractivity contribution in [1.29, 1.82) is 0 Å². The summed E-state index contributed by atoms with van der Waals surface area (Å²) in [5.41, 5.74) is 3.06. The summed E-state index contributed by atoms with van der Waals surface area (Å²) in [6, 6.07) is 16.0. The minimum absolute atomic E-state index is 0.0335. The number of nitrogens with zero attached hydrogens (tertiary/aromatic N) is 2. The quantitative estimate of drug-likeness (QED) is 0.612. The molecule has 1 N–H and O–H groups in total. The van der Waals surface area contributed by atoms with Crippen molar-refractivity contribution in [2.45, 2.75) is 26.4 Å². The van der Waals surface area contributed by atoms with Gasteiger partial charge in [-0.15, -0.1) is 0 Å². The Kier molecular flexibility index (Phi) is 5.54. The fourth-order valence-electron chi connectivity index (χ4n) is 4.00. The van der Waals surface area contributed by atoms with Crippen molar-refractivity contribution in [3.8, 4) is 5.69 Å². The van der Waals surface area contributed by atoms with Gasteiger partial charge in [-0.2, -0.15) is 13.2 Å². The normalized spacial score (nSPS) is 16.5. The third-order valence-electron chi connectivity index (χ3n) is 5.65. The molecule has 0 saturated carbocycles. The second kappa shape index (κ2) is 8.18. The maximum Gasteiger partial charge on any atom is 0.416 e. The number of anilines is 2. The monoisotopic (exact) mass is 441 g/mol. The molecule has 1 fully saturated rings. The van der Waals surface area contributed by atoms with E-state index < -0.39 is 17.7 Å². The molecule has 0 radical (unpaired) electrons. The number of carbonyl (C=O) groups is 2. The van der Waals surface area contributed by atoms with Crippen molar-refractivity contribution >= 4 is 23.2 Å². The van der Waals surface area contributed by atoms with Crippen LogP contribution in [0, 0.1) is 19.8 Å². The maximum absolute atomic E-state index is 13.0. The van der Waals surface area contributed by atoms with Crippen LogP contribution < -0.4 is 10.2 Å². The molecule has 1 saturated heterocycles. The molecular formula is C24H22F3N3O2. The first-order valence-corrected chi connectivity index (χ1v) is 10.2. The van der Waals surface area contributed by atoms with Crippen LogP contribution in [0.25, 0.3) is 5.69 Å². The molecule has 166 valence electrons. The molecule has 4 rings (SSSR count). The van der Waals surface area contributed by atoms with E-state index in [1.807, 2.05) is 38.1 Å². The van der Waals surface area contributed by atoms with E-state index in [2.05, 4.69) is 9.88 Å². The highest BCUT2D eigenvalue weighted by Gasteiger charge is 2.37. The van der Waals surface area contributed by atoms with Gasteiger partial charge in [0.15, 0.2) is 0 Å². The first-order valence-electron chi connectivity index (χ1n) is 10.2. The third kappa shape index (κ3) is 4.26. The Labute approximate surface area is 183 Å². The van der Waals surface area contributed by atoms with Crippen LogP contribution in [-0.4, -0.2) is 22.9 Å². The van der Waals surface area contributed by atoms with Crippen LogP contribution in [0.1, 0.15) is 23.4 Å². The minimum Gasteiger partial charge on any atom is -0.326 e. The predicted molar refractivity (Wildman–Crippen MR) is 116 cm³/mol. The first kappa shape index (κ1) is 21.7. The third-order valence-corrected chi connectivity index (χ3v) is 5.65. The lowest BCUT2D eigenvalue weighted by Gasteiger charge is -2.18. The van der Waals surface area contributed by atoms with Crippen LogP contribution in [0.3, 0.4) is 0 Å². The number of aromatic nitrogens is 1. The molecular weight excluding hydrogens is 419 g/mol. The number of rotatable bonds is 4. The van der Waals surface area contributed by atoms with E-state index in [0.717, 1.165) is 29.2 Å². The summed E-state index contributed by atoms with van der Waals surface area (Å²) < 4.78 is 41.1. The lowest BCUT2D eigenvalue weighted by molar-refractivity contribution is -0.137. The first-order chi connectivity index (χ1) is 15.1. The number of carbonyl (C=O) groups excluding carboxylic acids is 2. The number of amides is 2. The zero-order valence-electron chi connectivity index (χ0n) is 17.6. The van der Waals surface area contributed by atoms with Gasteiger partial charge in [-0.3, -0.25) is 9.59 Å². The molecule has 2 aromatic carbocycles. The van der Waals surface area contributed by atoms with Crippen molar-refractivity contribution in [3.05, 3.63) is 77.6 Å². The number of benzene rings is 2. The standard InChI is InChI=1S/C24H22F3N3O2/c1-15-6-7-16(2)30(15)20-10-8-19(9-11-20)28-23(32)17-12-22(31)29(14-17)21-5-3-4-18(13-21)24(25,26)27/h3-11,13,17H,12,14H2,1-2H3,(H,28,32)/t17-/m1/s1. The zero-order valence-corrected chi connectivity index (χ0v) is 17.6. The molecule has 1 aliphatic heterocycles. The van der Waals surface area contributed by atoms with Gasteiger partial charge in [-0.05, 0) is 68.4 Å². The molecule has 1 aromatic heterocycles. The second-order valence-corrected chi connectivity index (χ2v) is 7.94. The van der Waals surface area contributed by atoms with Crippen molar-refractivity contribution in [2.24, 2.45) is 5.92 Å². The molecule has 1 atom stereocenters. The van der Waals surface area contributed by atoms with E-state index >= 15 is 0 Å². The Morgan fingerprint density at radius 3 is 2.25 bits per heavy atom. The Bertz CT molecular complexity index is 1150.